The van der Waals surface area contributed by atoms with Crippen LogP contribution in [0.4, 0.5) is 0 Å². The molecule has 0 radical (unpaired) electrons. The molecule has 2 aliphatic rings. The van der Waals surface area contributed by atoms with Gasteiger partial charge in [0.2, 0.25) is 11.8 Å². The molecule has 1 aromatic heterocycles. The molecule has 0 saturated carbocycles. The lowest BCUT2D eigenvalue weighted by molar-refractivity contribution is 0.140. The van der Waals surface area contributed by atoms with Crippen molar-refractivity contribution in [3.8, 4) is 23.4 Å². The van der Waals surface area contributed by atoms with Gasteiger partial charge in [-0.2, -0.15) is 10.4 Å². The van der Waals surface area contributed by atoms with E-state index in [1.807, 2.05) is 73.7 Å². The second-order valence-corrected chi connectivity index (χ2v) is 6.67. The molecule has 0 saturated heterocycles. The standard InChI is InChI=1S/C22H16N4O2/c1-14-19-21(26(25-14)16-8-3-2-4-9-16)27-20(24)17(13-23)22(19)12-11-15-7-5-6-10-18(15)28-22/h2-12H,24H2,1H3. The number of hydrogen-bond donors (Lipinski definition) is 1. The fraction of sp³-hybridized carbons (Fsp3) is 0.0909. The smallest absolute Gasteiger partial charge is 0.232 e. The van der Waals surface area contributed by atoms with Crippen LogP contribution in [0, 0.1) is 18.3 Å². The average molecular weight is 368 g/mol. The number of hydrogen-bond acceptors (Lipinski definition) is 5. The summed E-state index contributed by atoms with van der Waals surface area (Å²) in [5.74, 6) is 1.13. The molecular formula is C22H16N4O2. The van der Waals surface area contributed by atoms with Gasteiger partial charge in [-0.15, -0.1) is 0 Å². The summed E-state index contributed by atoms with van der Waals surface area (Å²) >= 11 is 0. The maximum absolute atomic E-state index is 9.86. The molecule has 0 aliphatic carbocycles. The second-order valence-electron chi connectivity index (χ2n) is 6.67. The predicted molar refractivity (Wildman–Crippen MR) is 104 cm³/mol. The van der Waals surface area contributed by atoms with Crippen LogP contribution in [0.15, 0.2) is 72.1 Å². The van der Waals surface area contributed by atoms with Gasteiger partial charge in [0.05, 0.1) is 16.9 Å². The van der Waals surface area contributed by atoms with Crippen molar-refractivity contribution >= 4 is 6.08 Å². The van der Waals surface area contributed by atoms with Crippen molar-refractivity contribution in [1.82, 2.24) is 9.78 Å². The fourth-order valence-electron chi connectivity index (χ4n) is 3.77. The highest BCUT2D eigenvalue weighted by molar-refractivity contribution is 5.68. The third-order valence-electron chi connectivity index (χ3n) is 5.01. The van der Waals surface area contributed by atoms with Gasteiger partial charge < -0.3 is 15.2 Å². The van der Waals surface area contributed by atoms with Crippen molar-refractivity contribution in [2.75, 3.05) is 0 Å². The van der Waals surface area contributed by atoms with Crippen LogP contribution in [0.3, 0.4) is 0 Å². The first-order chi connectivity index (χ1) is 13.6. The maximum Gasteiger partial charge on any atom is 0.232 e. The van der Waals surface area contributed by atoms with Crippen LogP contribution in [0.1, 0.15) is 16.8 Å². The summed E-state index contributed by atoms with van der Waals surface area (Å²) in [5, 5.41) is 14.5. The molecule has 28 heavy (non-hydrogen) atoms. The van der Waals surface area contributed by atoms with Gasteiger partial charge in [-0.05, 0) is 31.2 Å². The Morgan fingerprint density at radius 1 is 1.11 bits per heavy atom. The van der Waals surface area contributed by atoms with Crippen LogP contribution in [-0.4, -0.2) is 9.78 Å². The van der Waals surface area contributed by atoms with Crippen molar-refractivity contribution in [2.45, 2.75) is 12.5 Å². The topological polar surface area (TPSA) is 86.1 Å². The van der Waals surface area contributed by atoms with Crippen molar-refractivity contribution < 1.29 is 9.47 Å². The molecular weight excluding hydrogens is 352 g/mol. The summed E-state index contributed by atoms with van der Waals surface area (Å²) in [5.41, 5.74) is 8.33. The Hall–Kier alpha value is -3.98. The molecule has 136 valence electrons. The molecule has 0 amide bonds. The summed E-state index contributed by atoms with van der Waals surface area (Å²) in [6.45, 7) is 1.87. The van der Waals surface area contributed by atoms with Crippen molar-refractivity contribution in [3.63, 3.8) is 0 Å². The number of nitrogens with zero attached hydrogens (tertiary/aromatic N) is 3. The molecule has 0 bridgehead atoms. The van der Waals surface area contributed by atoms with E-state index >= 15 is 0 Å². The van der Waals surface area contributed by atoms with Crippen LogP contribution in [0.25, 0.3) is 11.8 Å². The maximum atomic E-state index is 9.86. The normalized spacial score (nSPS) is 19.4. The molecule has 2 aromatic carbocycles. The van der Waals surface area contributed by atoms with Gasteiger partial charge >= 0.3 is 0 Å². The minimum atomic E-state index is -1.18. The van der Waals surface area contributed by atoms with E-state index in [2.05, 4.69) is 11.2 Å². The van der Waals surface area contributed by atoms with Crippen molar-refractivity contribution in [2.24, 2.45) is 5.73 Å². The number of aromatic nitrogens is 2. The third kappa shape index (κ3) is 2.10. The van der Waals surface area contributed by atoms with Gasteiger partial charge in [0.15, 0.2) is 5.60 Å². The van der Waals surface area contributed by atoms with Crippen molar-refractivity contribution in [1.29, 1.82) is 5.26 Å². The molecule has 5 rings (SSSR count). The number of para-hydroxylation sites is 2. The molecule has 0 fully saturated rings. The first-order valence-electron chi connectivity index (χ1n) is 8.85. The van der Waals surface area contributed by atoms with Gasteiger partial charge in [-0.1, -0.05) is 42.5 Å². The number of benzene rings is 2. The zero-order valence-corrected chi connectivity index (χ0v) is 15.1. The first kappa shape index (κ1) is 16.2. The Kier molecular flexibility index (Phi) is 3.34. The largest absolute Gasteiger partial charge is 0.472 e. The summed E-state index contributed by atoms with van der Waals surface area (Å²) in [7, 11) is 0. The van der Waals surface area contributed by atoms with E-state index in [-0.39, 0.29) is 11.5 Å². The SMILES string of the molecule is Cc1nn(-c2ccccc2)c2c1C1(C=Cc3ccccc3O1)C(C#N)=C(N)O2. The number of nitriles is 1. The van der Waals surface area contributed by atoms with E-state index in [0.717, 1.165) is 11.3 Å². The lowest BCUT2D eigenvalue weighted by atomic mass is 9.82. The Labute approximate surface area is 161 Å². The van der Waals surface area contributed by atoms with E-state index in [9.17, 15) is 5.26 Å². The fourth-order valence-corrected chi connectivity index (χ4v) is 3.77. The van der Waals surface area contributed by atoms with Crippen LogP contribution >= 0.6 is 0 Å². The molecule has 2 aliphatic heterocycles. The zero-order chi connectivity index (χ0) is 19.3. The van der Waals surface area contributed by atoms with E-state index in [4.69, 9.17) is 15.2 Å². The van der Waals surface area contributed by atoms with Crippen LogP contribution < -0.4 is 15.2 Å². The Morgan fingerprint density at radius 2 is 1.86 bits per heavy atom. The highest BCUT2D eigenvalue weighted by atomic mass is 16.5. The molecule has 3 aromatic rings. The molecule has 1 atom stereocenters. The van der Waals surface area contributed by atoms with Crippen LogP contribution in [0.2, 0.25) is 0 Å². The number of rotatable bonds is 1. The van der Waals surface area contributed by atoms with Gasteiger partial charge in [-0.3, -0.25) is 0 Å². The lowest BCUT2D eigenvalue weighted by Gasteiger charge is -2.37. The van der Waals surface area contributed by atoms with E-state index in [1.165, 1.54) is 0 Å². The molecule has 6 heteroatoms. The third-order valence-corrected chi connectivity index (χ3v) is 5.01. The summed E-state index contributed by atoms with van der Waals surface area (Å²) in [6.07, 6.45) is 3.80. The van der Waals surface area contributed by atoms with Gasteiger partial charge in [0.1, 0.15) is 17.4 Å². The number of aryl methyl sites for hydroxylation is 1. The molecule has 1 unspecified atom stereocenters. The number of nitrogens with two attached hydrogens (primary N) is 1. The second kappa shape index (κ2) is 5.76. The van der Waals surface area contributed by atoms with Crippen LogP contribution in [-0.2, 0) is 5.60 Å². The Balaban J connectivity index is 1.79. The quantitative estimate of drug-likeness (QED) is 0.710. The molecule has 2 N–H and O–H groups in total. The predicted octanol–water partition coefficient (Wildman–Crippen LogP) is 3.57. The zero-order valence-electron chi connectivity index (χ0n) is 15.1. The molecule has 1 spiro atoms. The summed E-state index contributed by atoms with van der Waals surface area (Å²) in [4.78, 5) is 0. The minimum absolute atomic E-state index is 0.0103. The highest BCUT2D eigenvalue weighted by Crippen LogP contribution is 2.50. The molecule has 3 heterocycles. The first-order valence-corrected chi connectivity index (χ1v) is 8.85. The number of fused-ring (bicyclic) bond motifs is 3. The Bertz CT molecular complexity index is 1200. The number of ether oxygens (including phenoxy) is 2. The highest BCUT2D eigenvalue weighted by Gasteiger charge is 2.50. The van der Waals surface area contributed by atoms with E-state index in [1.54, 1.807) is 4.68 Å². The van der Waals surface area contributed by atoms with Crippen molar-refractivity contribution in [3.05, 3.63) is 89.0 Å². The molecule has 6 nitrogen and oxygen atoms in total. The van der Waals surface area contributed by atoms with E-state index in [0.29, 0.717) is 22.9 Å². The van der Waals surface area contributed by atoms with Crippen LogP contribution in [0.5, 0.6) is 11.6 Å². The Morgan fingerprint density at radius 3 is 2.64 bits per heavy atom. The lowest BCUT2D eigenvalue weighted by Crippen LogP contribution is -2.40. The summed E-state index contributed by atoms with van der Waals surface area (Å²) in [6, 6.07) is 19.5. The van der Waals surface area contributed by atoms with E-state index < -0.39 is 5.60 Å². The summed E-state index contributed by atoms with van der Waals surface area (Å²) < 4.78 is 14.0. The van der Waals surface area contributed by atoms with Gasteiger partial charge in [0.25, 0.3) is 0 Å². The minimum Gasteiger partial charge on any atom is -0.472 e. The van der Waals surface area contributed by atoms with Gasteiger partial charge in [-0.25, -0.2) is 4.68 Å². The monoisotopic (exact) mass is 368 g/mol. The van der Waals surface area contributed by atoms with Gasteiger partial charge in [0, 0.05) is 5.56 Å². The average Bonchev–Trinajstić information content (AvgIpc) is 3.05.